The van der Waals surface area contributed by atoms with Crippen molar-refractivity contribution in [2.75, 3.05) is 34.4 Å². The number of anilines is 4. The summed E-state index contributed by atoms with van der Waals surface area (Å²) in [6, 6.07) is 15.6. The largest absolute Gasteiger partial charge is 0.748 e. The highest BCUT2D eigenvalue weighted by molar-refractivity contribution is 7.85. The summed E-state index contributed by atoms with van der Waals surface area (Å²) in [6.07, 6.45) is 1.68. The maximum Gasteiger partial charge on any atom is 0.0945 e. The molecule has 0 radical (unpaired) electrons. The van der Waals surface area contributed by atoms with E-state index in [0.717, 1.165) is 22.7 Å². The fourth-order valence-corrected chi connectivity index (χ4v) is 4.80. The second-order valence-electron chi connectivity index (χ2n) is 7.22. The Kier molecular flexibility index (Phi) is 7.02. The monoisotopic (exact) mass is 452 g/mol. The molecule has 30 heavy (non-hydrogen) atoms. The summed E-state index contributed by atoms with van der Waals surface area (Å²) in [4.78, 5) is 4.22. The number of hydrogen-bond donors (Lipinski definition) is 0. The Balaban J connectivity index is 1.81. The van der Waals surface area contributed by atoms with E-state index < -0.39 is 20.2 Å². The lowest BCUT2D eigenvalue weighted by molar-refractivity contribution is 0.458. The van der Waals surface area contributed by atoms with Crippen molar-refractivity contribution < 1.29 is 25.9 Å². The third-order valence-electron chi connectivity index (χ3n) is 4.98. The molecule has 10 heteroatoms. The van der Waals surface area contributed by atoms with Gasteiger partial charge in [0.05, 0.1) is 43.0 Å². The Bertz CT molecular complexity index is 952. The van der Waals surface area contributed by atoms with Crippen molar-refractivity contribution >= 4 is 43.0 Å². The lowest BCUT2D eigenvalue weighted by Crippen LogP contribution is -2.31. The van der Waals surface area contributed by atoms with Crippen molar-refractivity contribution in [3.63, 3.8) is 0 Å². The lowest BCUT2D eigenvalue weighted by atomic mass is 10.1. The zero-order valence-corrected chi connectivity index (χ0v) is 18.1. The van der Waals surface area contributed by atoms with Gasteiger partial charge in [-0.3, -0.25) is 0 Å². The SMILES string of the molecule is O=S(=O)([O-])CCCCN1c2ccccc2N(CCCCS(=O)(=O)[O-])c2ccccc21. The fraction of sp³-hybridized carbons (Fsp3) is 0.400. The third kappa shape index (κ3) is 5.94. The van der Waals surface area contributed by atoms with Crippen LogP contribution in [0.5, 0.6) is 0 Å². The molecule has 0 amide bonds. The number of benzene rings is 2. The predicted octanol–water partition coefficient (Wildman–Crippen LogP) is 2.93. The topological polar surface area (TPSA) is 121 Å². The van der Waals surface area contributed by atoms with Crippen LogP contribution in [0.1, 0.15) is 25.7 Å². The predicted molar refractivity (Wildman–Crippen MR) is 114 cm³/mol. The van der Waals surface area contributed by atoms with Crippen LogP contribution in [0, 0.1) is 0 Å². The first-order valence-corrected chi connectivity index (χ1v) is 12.9. The van der Waals surface area contributed by atoms with Crippen LogP contribution in [0.25, 0.3) is 0 Å². The summed E-state index contributed by atoms with van der Waals surface area (Å²) in [5, 5.41) is 0. The summed E-state index contributed by atoms with van der Waals surface area (Å²) >= 11 is 0. The smallest absolute Gasteiger partial charge is 0.0945 e. The average Bonchev–Trinajstić information content (AvgIpc) is 2.67. The Labute approximate surface area is 177 Å². The maximum absolute atomic E-state index is 10.9. The summed E-state index contributed by atoms with van der Waals surface area (Å²) in [6.45, 7) is 1.12. The first-order chi connectivity index (χ1) is 14.2. The fourth-order valence-electron chi connectivity index (χ4n) is 3.68. The molecule has 0 aromatic heterocycles. The number of hydrogen-bond acceptors (Lipinski definition) is 8. The first kappa shape index (κ1) is 22.5. The van der Waals surface area contributed by atoms with E-state index in [1.54, 1.807) is 0 Å². The van der Waals surface area contributed by atoms with Gasteiger partial charge in [-0.25, -0.2) is 16.8 Å². The normalized spacial score (nSPS) is 13.8. The van der Waals surface area contributed by atoms with Crippen molar-refractivity contribution in [2.24, 2.45) is 0 Å². The van der Waals surface area contributed by atoms with Gasteiger partial charge in [0, 0.05) is 24.6 Å². The van der Waals surface area contributed by atoms with Gasteiger partial charge in [0.1, 0.15) is 0 Å². The van der Waals surface area contributed by atoms with Gasteiger partial charge in [-0.1, -0.05) is 24.3 Å². The molecule has 0 bridgehead atoms. The van der Waals surface area contributed by atoms with Gasteiger partial charge in [-0.2, -0.15) is 0 Å². The van der Waals surface area contributed by atoms with Crippen molar-refractivity contribution in [1.82, 2.24) is 0 Å². The third-order valence-corrected chi connectivity index (χ3v) is 6.56. The van der Waals surface area contributed by atoms with Crippen molar-refractivity contribution in [3.8, 4) is 0 Å². The van der Waals surface area contributed by atoms with Crippen LogP contribution in [0.3, 0.4) is 0 Å². The molecule has 1 aliphatic rings. The number of nitrogens with zero attached hydrogens (tertiary/aromatic N) is 2. The number of unbranched alkanes of at least 4 members (excludes halogenated alkanes) is 2. The molecule has 0 spiro atoms. The number of rotatable bonds is 10. The van der Waals surface area contributed by atoms with Gasteiger partial charge in [0.15, 0.2) is 0 Å². The van der Waals surface area contributed by atoms with Gasteiger partial charge in [0.2, 0.25) is 0 Å². The van der Waals surface area contributed by atoms with Gasteiger partial charge in [0.25, 0.3) is 0 Å². The second kappa shape index (κ2) is 9.34. The van der Waals surface area contributed by atoms with Crippen LogP contribution >= 0.6 is 0 Å². The molecule has 8 nitrogen and oxygen atoms in total. The van der Waals surface area contributed by atoms with Crippen LogP contribution in [-0.2, 0) is 20.2 Å². The zero-order valence-electron chi connectivity index (χ0n) is 16.4. The maximum atomic E-state index is 10.9. The molecule has 2 aromatic carbocycles. The Morgan fingerprint density at radius 3 is 1.13 bits per heavy atom. The second-order valence-corrected chi connectivity index (χ2v) is 10.3. The van der Waals surface area contributed by atoms with Crippen LogP contribution in [0.2, 0.25) is 0 Å². The van der Waals surface area contributed by atoms with Crippen molar-refractivity contribution in [3.05, 3.63) is 48.5 Å². The van der Waals surface area contributed by atoms with E-state index in [1.807, 2.05) is 48.5 Å². The molecule has 0 saturated heterocycles. The van der Waals surface area contributed by atoms with Crippen LogP contribution in [-0.4, -0.2) is 50.5 Å². The minimum Gasteiger partial charge on any atom is -0.748 e. The summed E-state index contributed by atoms with van der Waals surface area (Å²) in [5.41, 5.74) is 3.82. The molecule has 0 saturated carbocycles. The zero-order chi connectivity index (χ0) is 21.8. The molecule has 0 N–H and O–H groups in total. The van der Waals surface area contributed by atoms with Crippen molar-refractivity contribution in [1.29, 1.82) is 0 Å². The molecule has 2 aromatic rings. The van der Waals surface area contributed by atoms with Crippen LogP contribution in [0.4, 0.5) is 22.7 Å². The quantitative estimate of drug-likeness (QED) is 0.398. The Morgan fingerprint density at radius 1 is 0.567 bits per heavy atom. The summed E-state index contributed by atoms with van der Waals surface area (Å²) < 4.78 is 65.3. The van der Waals surface area contributed by atoms with E-state index in [1.165, 1.54) is 0 Å². The molecule has 0 fully saturated rings. The van der Waals surface area contributed by atoms with Crippen LogP contribution < -0.4 is 9.80 Å². The van der Waals surface area contributed by atoms with E-state index in [4.69, 9.17) is 0 Å². The molecule has 0 atom stereocenters. The van der Waals surface area contributed by atoms with E-state index in [2.05, 4.69) is 9.80 Å². The highest BCUT2D eigenvalue weighted by atomic mass is 32.2. The molecule has 1 aliphatic heterocycles. The molecule has 0 unspecified atom stereocenters. The van der Waals surface area contributed by atoms with E-state index >= 15 is 0 Å². The Hall–Kier alpha value is -2.14. The molecule has 164 valence electrons. The summed E-state index contributed by atoms with van der Waals surface area (Å²) in [5.74, 6) is -0.752. The van der Waals surface area contributed by atoms with E-state index in [9.17, 15) is 25.9 Å². The van der Waals surface area contributed by atoms with Crippen LogP contribution in [0.15, 0.2) is 48.5 Å². The first-order valence-electron chi connectivity index (χ1n) is 9.76. The van der Waals surface area contributed by atoms with Crippen molar-refractivity contribution in [2.45, 2.75) is 25.7 Å². The van der Waals surface area contributed by atoms with Gasteiger partial charge in [-0.15, -0.1) is 0 Å². The molecule has 0 aliphatic carbocycles. The lowest BCUT2D eigenvalue weighted by Gasteiger charge is -2.40. The van der Waals surface area contributed by atoms with E-state index in [-0.39, 0.29) is 11.5 Å². The van der Waals surface area contributed by atoms with Gasteiger partial charge in [-0.05, 0) is 49.9 Å². The molecular weight excluding hydrogens is 428 g/mol. The highest BCUT2D eigenvalue weighted by Crippen LogP contribution is 2.47. The van der Waals surface area contributed by atoms with Gasteiger partial charge >= 0.3 is 0 Å². The molecule has 1 heterocycles. The molecular formula is C20H24N2O6S2-2. The Morgan fingerprint density at radius 2 is 0.867 bits per heavy atom. The van der Waals surface area contributed by atoms with E-state index in [0.29, 0.717) is 38.8 Å². The number of para-hydroxylation sites is 4. The average molecular weight is 453 g/mol. The van der Waals surface area contributed by atoms with Gasteiger partial charge < -0.3 is 18.9 Å². The minimum atomic E-state index is -4.22. The molecule has 3 rings (SSSR count). The highest BCUT2D eigenvalue weighted by Gasteiger charge is 2.27. The summed E-state index contributed by atoms with van der Waals surface area (Å²) in [7, 11) is -8.44. The minimum absolute atomic E-state index is 0.292. The standard InChI is InChI=1S/C20H26N2O6S2/c23-29(24,25)15-7-5-13-21-17-9-1-2-10-18(17)22(14-6-8-16-30(26,27)28)20-12-4-3-11-19(20)21/h1-4,9-12H,5-8,13-16H2,(H,23,24,25)(H,26,27,28)/p-2. The number of fused-ring (bicyclic) bond motifs is 2.